The van der Waals surface area contributed by atoms with Gasteiger partial charge in [0, 0.05) is 3.57 Å². The maximum atomic E-state index is 6.11. The highest BCUT2D eigenvalue weighted by atomic mass is 127. The number of hydrogen-bond acceptors (Lipinski definition) is 1. The molecule has 0 spiro atoms. The molecule has 0 unspecified atom stereocenters. The van der Waals surface area contributed by atoms with Gasteiger partial charge in [0.05, 0.1) is 23.0 Å². The molecule has 0 atom stereocenters. The van der Waals surface area contributed by atoms with Crippen LogP contribution in [0.15, 0.2) is 24.3 Å². The van der Waals surface area contributed by atoms with Crippen LogP contribution in [0.2, 0.25) is 5.02 Å². The minimum absolute atomic E-state index is 0.769. The molecule has 0 saturated carbocycles. The lowest BCUT2D eigenvalue weighted by Crippen LogP contribution is -2.03. The molecule has 1 aromatic heterocycles. The third-order valence-electron chi connectivity index (χ3n) is 2.54. The molecular formula is C12H12ClIN2. The third-order valence-corrected chi connectivity index (χ3v) is 3.80. The van der Waals surface area contributed by atoms with Gasteiger partial charge in [0.1, 0.15) is 0 Å². The highest BCUT2D eigenvalue weighted by molar-refractivity contribution is 14.1. The van der Waals surface area contributed by atoms with E-state index in [9.17, 15) is 0 Å². The standard InChI is InChI=1S/C12H12ClIN2/c1-8-12(13)9(2)16(15-8)7-10-3-5-11(14)6-4-10/h3-6H,7H2,1-2H3. The van der Waals surface area contributed by atoms with Crippen LogP contribution in [0.3, 0.4) is 0 Å². The van der Waals surface area contributed by atoms with Gasteiger partial charge < -0.3 is 0 Å². The van der Waals surface area contributed by atoms with Gasteiger partial charge in [-0.15, -0.1) is 0 Å². The second-order valence-corrected chi connectivity index (χ2v) is 5.39. The lowest BCUT2D eigenvalue weighted by atomic mass is 10.2. The van der Waals surface area contributed by atoms with Gasteiger partial charge in [0.2, 0.25) is 0 Å². The van der Waals surface area contributed by atoms with E-state index in [-0.39, 0.29) is 0 Å². The molecule has 1 aromatic carbocycles. The molecule has 84 valence electrons. The summed E-state index contributed by atoms with van der Waals surface area (Å²) in [6.45, 7) is 4.70. The zero-order valence-corrected chi connectivity index (χ0v) is 12.1. The molecule has 0 saturated heterocycles. The van der Waals surface area contributed by atoms with Crippen molar-refractivity contribution in [2.75, 3.05) is 0 Å². The molecule has 16 heavy (non-hydrogen) atoms. The Morgan fingerprint density at radius 3 is 2.38 bits per heavy atom. The number of aromatic nitrogens is 2. The summed E-state index contributed by atoms with van der Waals surface area (Å²) in [5.41, 5.74) is 3.16. The summed E-state index contributed by atoms with van der Waals surface area (Å²) in [6, 6.07) is 8.44. The van der Waals surface area contributed by atoms with E-state index >= 15 is 0 Å². The Labute approximate surface area is 114 Å². The molecule has 4 heteroatoms. The summed E-state index contributed by atoms with van der Waals surface area (Å²) in [6.07, 6.45) is 0. The van der Waals surface area contributed by atoms with Gasteiger partial charge in [-0.3, -0.25) is 4.68 Å². The van der Waals surface area contributed by atoms with Gasteiger partial charge in [0.15, 0.2) is 0 Å². The summed E-state index contributed by atoms with van der Waals surface area (Å²) in [5, 5.41) is 5.18. The van der Waals surface area contributed by atoms with Crippen LogP contribution in [0.4, 0.5) is 0 Å². The predicted octanol–water partition coefficient (Wildman–Crippen LogP) is 3.81. The topological polar surface area (TPSA) is 17.8 Å². The molecule has 0 fully saturated rings. The molecule has 1 heterocycles. The average Bonchev–Trinajstić information content (AvgIpc) is 2.50. The molecule has 0 N–H and O–H groups in total. The summed E-state index contributed by atoms with van der Waals surface area (Å²) < 4.78 is 3.19. The normalized spacial score (nSPS) is 10.8. The van der Waals surface area contributed by atoms with E-state index in [1.54, 1.807) is 0 Å². The van der Waals surface area contributed by atoms with E-state index in [0.717, 1.165) is 23.0 Å². The zero-order valence-electron chi connectivity index (χ0n) is 9.17. The van der Waals surface area contributed by atoms with Crippen molar-refractivity contribution in [1.82, 2.24) is 9.78 Å². The molecular weight excluding hydrogens is 335 g/mol. The van der Waals surface area contributed by atoms with Gasteiger partial charge in [-0.1, -0.05) is 23.7 Å². The SMILES string of the molecule is Cc1nn(Cc2ccc(I)cc2)c(C)c1Cl. The number of aryl methyl sites for hydroxylation is 1. The Hall–Kier alpha value is -0.550. The van der Waals surface area contributed by atoms with E-state index in [1.807, 2.05) is 18.5 Å². The largest absolute Gasteiger partial charge is 0.264 e. The fourth-order valence-corrected chi connectivity index (χ4v) is 2.09. The first-order chi connectivity index (χ1) is 7.58. The zero-order chi connectivity index (χ0) is 11.7. The average molecular weight is 347 g/mol. The highest BCUT2D eigenvalue weighted by Crippen LogP contribution is 2.20. The molecule has 0 aliphatic carbocycles. The van der Waals surface area contributed by atoms with Gasteiger partial charge >= 0.3 is 0 Å². The Bertz CT molecular complexity index is 502. The van der Waals surface area contributed by atoms with Crippen LogP contribution in [0.25, 0.3) is 0 Å². The second kappa shape index (κ2) is 4.75. The maximum Gasteiger partial charge on any atom is 0.0844 e. The maximum absolute atomic E-state index is 6.11. The molecule has 2 rings (SSSR count). The Morgan fingerprint density at radius 1 is 1.25 bits per heavy atom. The van der Waals surface area contributed by atoms with Crippen LogP contribution in [-0.4, -0.2) is 9.78 Å². The van der Waals surface area contributed by atoms with Crippen molar-refractivity contribution >= 4 is 34.2 Å². The van der Waals surface area contributed by atoms with E-state index in [0.29, 0.717) is 0 Å². The summed E-state index contributed by atoms with van der Waals surface area (Å²) in [4.78, 5) is 0. The Morgan fingerprint density at radius 2 is 1.88 bits per heavy atom. The van der Waals surface area contributed by atoms with E-state index < -0.39 is 0 Å². The summed E-state index contributed by atoms with van der Waals surface area (Å²) in [7, 11) is 0. The van der Waals surface area contributed by atoms with E-state index in [1.165, 1.54) is 9.13 Å². The highest BCUT2D eigenvalue weighted by Gasteiger charge is 2.08. The number of hydrogen-bond donors (Lipinski definition) is 0. The molecule has 2 nitrogen and oxygen atoms in total. The van der Waals surface area contributed by atoms with Gasteiger partial charge in [0.25, 0.3) is 0 Å². The van der Waals surface area contributed by atoms with Crippen LogP contribution in [-0.2, 0) is 6.54 Å². The minimum Gasteiger partial charge on any atom is -0.264 e. The van der Waals surface area contributed by atoms with Crippen molar-refractivity contribution in [2.24, 2.45) is 0 Å². The van der Waals surface area contributed by atoms with Crippen LogP contribution in [0.5, 0.6) is 0 Å². The van der Waals surface area contributed by atoms with Gasteiger partial charge in [-0.2, -0.15) is 5.10 Å². The Kier molecular flexibility index (Phi) is 3.54. The predicted molar refractivity (Wildman–Crippen MR) is 75.0 cm³/mol. The number of rotatable bonds is 2. The van der Waals surface area contributed by atoms with Crippen molar-refractivity contribution < 1.29 is 0 Å². The monoisotopic (exact) mass is 346 g/mol. The number of halogens is 2. The van der Waals surface area contributed by atoms with E-state index in [4.69, 9.17) is 11.6 Å². The molecule has 0 radical (unpaired) electrons. The summed E-state index contributed by atoms with van der Waals surface area (Å²) in [5.74, 6) is 0. The summed E-state index contributed by atoms with van der Waals surface area (Å²) >= 11 is 8.41. The van der Waals surface area contributed by atoms with Crippen LogP contribution in [0, 0.1) is 17.4 Å². The van der Waals surface area contributed by atoms with Gasteiger partial charge in [-0.05, 0) is 54.1 Å². The lowest BCUT2D eigenvalue weighted by Gasteiger charge is -2.04. The van der Waals surface area contributed by atoms with Crippen molar-refractivity contribution in [3.8, 4) is 0 Å². The van der Waals surface area contributed by atoms with Crippen molar-refractivity contribution in [3.05, 3.63) is 49.8 Å². The van der Waals surface area contributed by atoms with Gasteiger partial charge in [-0.25, -0.2) is 0 Å². The van der Waals surface area contributed by atoms with Crippen molar-refractivity contribution in [2.45, 2.75) is 20.4 Å². The fourth-order valence-electron chi connectivity index (χ4n) is 1.59. The third kappa shape index (κ3) is 2.40. The lowest BCUT2D eigenvalue weighted by molar-refractivity contribution is 0.659. The molecule has 0 aliphatic rings. The van der Waals surface area contributed by atoms with Crippen LogP contribution < -0.4 is 0 Å². The number of nitrogens with zero attached hydrogens (tertiary/aromatic N) is 2. The van der Waals surface area contributed by atoms with Crippen molar-refractivity contribution in [1.29, 1.82) is 0 Å². The molecule has 0 bridgehead atoms. The Balaban J connectivity index is 2.27. The van der Waals surface area contributed by atoms with Crippen LogP contribution in [0.1, 0.15) is 17.0 Å². The molecule has 2 aromatic rings. The smallest absolute Gasteiger partial charge is 0.0844 e. The van der Waals surface area contributed by atoms with Crippen LogP contribution >= 0.6 is 34.2 Å². The van der Waals surface area contributed by atoms with E-state index in [2.05, 4.69) is 52.0 Å². The first kappa shape index (κ1) is 11.9. The quantitative estimate of drug-likeness (QED) is 0.756. The fraction of sp³-hybridized carbons (Fsp3) is 0.250. The molecule has 0 aliphatic heterocycles. The molecule has 0 amide bonds. The van der Waals surface area contributed by atoms with Crippen molar-refractivity contribution in [3.63, 3.8) is 0 Å². The minimum atomic E-state index is 0.769. The first-order valence-corrected chi connectivity index (χ1v) is 6.47. The number of benzene rings is 1. The second-order valence-electron chi connectivity index (χ2n) is 3.77. The first-order valence-electron chi connectivity index (χ1n) is 5.02.